The molecule has 3 saturated carbocycles. The van der Waals surface area contributed by atoms with Crippen LogP contribution in [0.5, 0.6) is 0 Å². The van der Waals surface area contributed by atoms with Gasteiger partial charge in [-0.25, -0.2) is 12.8 Å². The Hall–Kier alpha value is -2.40. The normalized spacial score (nSPS) is 27.4. The molecule has 1 aromatic carbocycles. The lowest BCUT2D eigenvalue weighted by molar-refractivity contribution is -0.129. The van der Waals surface area contributed by atoms with Crippen molar-refractivity contribution in [2.75, 3.05) is 17.2 Å². The Morgan fingerprint density at radius 2 is 1.94 bits per heavy atom. The van der Waals surface area contributed by atoms with E-state index >= 15 is 0 Å². The van der Waals surface area contributed by atoms with Crippen LogP contribution in [0.25, 0.3) is 0 Å². The fourth-order valence-electron chi connectivity index (χ4n) is 5.63. The van der Waals surface area contributed by atoms with E-state index in [1.54, 1.807) is 25.1 Å². The summed E-state index contributed by atoms with van der Waals surface area (Å²) >= 11 is 0. The predicted molar refractivity (Wildman–Crippen MR) is 115 cm³/mol. The second-order valence-electron chi connectivity index (χ2n) is 9.50. The first-order valence-corrected chi connectivity index (χ1v) is 12.2. The van der Waals surface area contributed by atoms with Crippen LogP contribution in [0.4, 0.5) is 28.9 Å². The van der Waals surface area contributed by atoms with Crippen molar-refractivity contribution >= 4 is 21.4 Å². The van der Waals surface area contributed by atoms with Gasteiger partial charge >= 0.3 is 15.5 Å². The summed E-state index contributed by atoms with van der Waals surface area (Å²) < 4.78 is 80.1. The molecule has 11 heteroatoms. The lowest BCUT2D eigenvalue weighted by Crippen LogP contribution is -2.66. The van der Waals surface area contributed by atoms with Crippen LogP contribution in [0.3, 0.4) is 0 Å². The first-order chi connectivity index (χ1) is 15.4. The minimum Gasteiger partial charge on any atom is -0.396 e. The molecule has 3 aliphatic carbocycles. The Kier molecular flexibility index (Phi) is 4.95. The summed E-state index contributed by atoms with van der Waals surface area (Å²) in [6.45, 7) is 1.29. The molecule has 1 aliphatic heterocycles. The molecule has 178 valence electrons. The number of aromatic nitrogens is 1. The zero-order valence-electron chi connectivity index (χ0n) is 17.9. The van der Waals surface area contributed by atoms with Crippen LogP contribution in [0.2, 0.25) is 0 Å². The van der Waals surface area contributed by atoms with Gasteiger partial charge < -0.3 is 10.6 Å². The largest absolute Gasteiger partial charge is 0.511 e. The van der Waals surface area contributed by atoms with Crippen molar-refractivity contribution < 1.29 is 26.0 Å². The topological polar surface area (TPSA) is 79.5 Å². The number of nitrogen functional groups attached to an aromatic ring is 1. The van der Waals surface area contributed by atoms with Crippen LogP contribution in [-0.2, 0) is 23.1 Å². The Labute approximate surface area is 189 Å². The summed E-state index contributed by atoms with van der Waals surface area (Å²) in [6.07, 6.45) is 3.59. The highest BCUT2D eigenvalue weighted by atomic mass is 32.2. The molecule has 0 radical (unpaired) electrons. The summed E-state index contributed by atoms with van der Waals surface area (Å²) in [6, 6.07) is 6.30. The van der Waals surface area contributed by atoms with E-state index in [9.17, 15) is 26.0 Å². The summed E-state index contributed by atoms with van der Waals surface area (Å²) in [4.78, 5) is 6.09. The zero-order valence-corrected chi connectivity index (χ0v) is 18.8. The van der Waals surface area contributed by atoms with Crippen LogP contribution in [-0.4, -0.2) is 35.8 Å². The molecule has 3 fully saturated rings. The maximum atomic E-state index is 13.7. The maximum absolute atomic E-state index is 13.7. The molecule has 0 unspecified atom stereocenters. The number of nitrogens with two attached hydrogens (primary N) is 1. The minimum absolute atomic E-state index is 0.0670. The molecular weight excluding hydrogens is 460 g/mol. The van der Waals surface area contributed by atoms with Gasteiger partial charge in [-0.2, -0.15) is 17.5 Å². The number of rotatable bonds is 4. The van der Waals surface area contributed by atoms with E-state index in [1.807, 2.05) is 4.90 Å². The molecule has 1 atom stereocenters. The zero-order chi connectivity index (χ0) is 23.8. The second kappa shape index (κ2) is 7.30. The number of fused-ring (bicyclic) bond motifs is 1. The van der Waals surface area contributed by atoms with Gasteiger partial charge in [0.2, 0.25) is 0 Å². The third-order valence-corrected chi connectivity index (χ3v) is 9.02. The van der Waals surface area contributed by atoms with Gasteiger partial charge in [0.1, 0.15) is 0 Å². The van der Waals surface area contributed by atoms with Crippen molar-refractivity contribution in [1.82, 2.24) is 9.29 Å². The van der Waals surface area contributed by atoms with Gasteiger partial charge in [-0.05, 0) is 60.8 Å². The van der Waals surface area contributed by atoms with Gasteiger partial charge in [0.15, 0.2) is 5.82 Å². The Balaban J connectivity index is 1.63. The lowest BCUT2D eigenvalue weighted by Gasteiger charge is -2.67. The molecule has 2 N–H and O–H groups in total. The summed E-state index contributed by atoms with van der Waals surface area (Å²) in [5, 5.41) is 0. The number of anilines is 2. The van der Waals surface area contributed by atoms with Crippen LogP contribution in [0.1, 0.15) is 36.1 Å². The highest BCUT2D eigenvalue weighted by molar-refractivity contribution is 7.89. The first-order valence-electron chi connectivity index (χ1n) is 10.7. The maximum Gasteiger partial charge on any atom is 0.511 e. The van der Waals surface area contributed by atoms with Crippen LogP contribution >= 0.6 is 0 Å². The average molecular weight is 485 g/mol. The van der Waals surface area contributed by atoms with E-state index in [2.05, 4.69) is 4.98 Å². The third-order valence-electron chi connectivity index (χ3n) is 7.48. The standard InChI is InChI=1S/C22H24F4N4O2S/c1-13-3-2-4-19-16(13)11-29(33(31,32)22(24,25)26)12-20(21-6-14(7-21)8-21)30(19)10-15-5-18(27)17(23)9-28-15/h2-5,9,14,20H,6-8,10-12H2,1H3,(H2,27,28)/t14?,20-,21?/m1/s1. The van der Waals surface area contributed by atoms with Gasteiger partial charge in [0, 0.05) is 24.8 Å². The van der Waals surface area contributed by atoms with Crippen LogP contribution in [0, 0.1) is 24.1 Å². The third kappa shape index (κ3) is 3.47. The number of hydrogen-bond donors (Lipinski definition) is 1. The van der Waals surface area contributed by atoms with Gasteiger partial charge in [0.05, 0.1) is 24.1 Å². The number of aryl methyl sites for hydroxylation is 1. The number of benzene rings is 1. The summed E-state index contributed by atoms with van der Waals surface area (Å²) in [5.41, 5.74) is 2.38. The molecule has 6 nitrogen and oxygen atoms in total. The van der Waals surface area contributed by atoms with Crippen LogP contribution in [0.15, 0.2) is 30.5 Å². The van der Waals surface area contributed by atoms with Gasteiger partial charge in [-0.3, -0.25) is 4.98 Å². The number of sulfonamides is 1. The SMILES string of the molecule is Cc1cccc2c1CN(S(=O)(=O)C(F)(F)F)C[C@H](C13CC(C1)C3)N2Cc1cc(N)c(F)cn1. The smallest absolute Gasteiger partial charge is 0.396 e. The molecule has 6 rings (SSSR count). The molecule has 0 amide bonds. The number of alkyl halides is 3. The second-order valence-corrected chi connectivity index (χ2v) is 11.4. The number of nitrogens with zero attached hydrogens (tertiary/aromatic N) is 3. The quantitative estimate of drug-likeness (QED) is 0.665. The van der Waals surface area contributed by atoms with Crippen molar-refractivity contribution in [2.24, 2.45) is 11.3 Å². The first kappa shape index (κ1) is 22.4. The summed E-state index contributed by atoms with van der Waals surface area (Å²) in [5.74, 6) is -0.108. The van der Waals surface area contributed by atoms with E-state index in [0.717, 1.165) is 25.5 Å². The molecule has 33 heavy (non-hydrogen) atoms. The molecular formula is C22H24F4N4O2S. The molecule has 4 aliphatic rings. The molecule has 0 spiro atoms. The molecule has 2 bridgehead atoms. The van der Waals surface area contributed by atoms with Gasteiger partial charge in [-0.15, -0.1) is 0 Å². The van der Waals surface area contributed by atoms with Gasteiger partial charge in [-0.1, -0.05) is 12.1 Å². The Morgan fingerprint density at radius 3 is 2.52 bits per heavy atom. The van der Waals surface area contributed by atoms with E-state index in [-0.39, 0.29) is 30.7 Å². The van der Waals surface area contributed by atoms with Crippen molar-refractivity contribution in [2.45, 2.75) is 50.8 Å². The molecule has 1 aromatic heterocycles. The highest BCUT2D eigenvalue weighted by Crippen LogP contribution is 2.67. The van der Waals surface area contributed by atoms with Crippen LogP contribution < -0.4 is 10.6 Å². The predicted octanol–water partition coefficient (Wildman–Crippen LogP) is 3.95. The van der Waals surface area contributed by atoms with Crippen molar-refractivity contribution in [3.63, 3.8) is 0 Å². The number of hydrogen-bond acceptors (Lipinski definition) is 5. The minimum atomic E-state index is -5.53. The van der Waals surface area contributed by atoms with E-state index < -0.39 is 27.4 Å². The van der Waals surface area contributed by atoms with Crippen molar-refractivity contribution in [3.05, 3.63) is 53.1 Å². The lowest BCUT2D eigenvalue weighted by atomic mass is 9.41. The van der Waals surface area contributed by atoms with E-state index in [4.69, 9.17) is 5.73 Å². The number of halogens is 4. The Bertz CT molecular complexity index is 1200. The van der Waals surface area contributed by atoms with Crippen molar-refractivity contribution in [1.29, 1.82) is 0 Å². The average Bonchev–Trinajstić information content (AvgIpc) is 2.81. The summed E-state index contributed by atoms with van der Waals surface area (Å²) in [7, 11) is -5.53. The van der Waals surface area contributed by atoms with Crippen molar-refractivity contribution in [3.8, 4) is 0 Å². The van der Waals surface area contributed by atoms with E-state index in [0.29, 0.717) is 32.7 Å². The monoisotopic (exact) mass is 484 g/mol. The van der Waals surface area contributed by atoms with E-state index in [1.165, 1.54) is 6.07 Å². The van der Waals surface area contributed by atoms with Gasteiger partial charge in [0.25, 0.3) is 0 Å². The fraction of sp³-hybridized carbons (Fsp3) is 0.500. The molecule has 2 aromatic rings. The number of pyridine rings is 1. The highest BCUT2D eigenvalue weighted by Gasteiger charge is 2.63. The Morgan fingerprint density at radius 1 is 1.24 bits per heavy atom. The molecule has 2 heterocycles. The molecule has 0 saturated heterocycles. The fourth-order valence-corrected chi connectivity index (χ4v) is 6.55.